The number of carbonyl (C=O) groups excluding carboxylic acids is 1. The average Bonchev–Trinajstić information content (AvgIpc) is 3.10. The van der Waals surface area contributed by atoms with E-state index in [-0.39, 0.29) is 11.8 Å². The summed E-state index contributed by atoms with van der Waals surface area (Å²) in [7, 11) is 0. The first-order valence-corrected chi connectivity index (χ1v) is 11.4. The molecule has 1 aliphatic rings. The molecule has 2 aromatic heterocycles. The van der Waals surface area contributed by atoms with Crippen molar-refractivity contribution in [3.8, 4) is 0 Å². The summed E-state index contributed by atoms with van der Waals surface area (Å²) in [6.07, 6.45) is 8.32. The number of nitrogens with zero attached hydrogens (tertiary/aromatic N) is 4. The van der Waals surface area contributed by atoms with Gasteiger partial charge in [0.05, 0.1) is 13.2 Å². The minimum atomic E-state index is 0.0726. The molecule has 5 rings (SSSR count). The number of carbonyl (C=O) groups is 1. The minimum absolute atomic E-state index is 0.0726. The van der Waals surface area contributed by atoms with Crippen LogP contribution in [0.15, 0.2) is 73.3 Å². The van der Waals surface area contributed by atoms with E-state index in [4.69, 9.17) is 4.74 Å². The molecule has 0 unspecified atom stereocenters. The van der Waals surface area contributed by atoms with E-state index in [1.807, 2.05) is 60.7 Å². The molecular weight excluding hydrogens is 412 g/mol. The van der Waals surface area contributed by atoms with Gasteiger partial charge in [0.15, 0.2) is 0 Å². The van der Waals surface area contributed by atoms with E-state index in [2.05, 4.69) is 32.7 Å². The van der Waals surface area contributed by atoms with E-state index in [1.165, 1.54) is 10.9 Å². The number of ether oxygens (including phenoxy) is 1. The first-order chi connectivity index (χ1) is 16.2. The van der Waals surface area contributed by atoms with Gasteiger partial charge in [-0.05, 0) is 42.0 Å². The molecule has 168 valence electrons. The molecule has 1 fully saturated rings. The van der Waals surface area contributed by atoms with Crippen molar-refractivity contribution in [2.75, 3.05) is 26.3 Å². The number of rotatable bonds is 5. The largest absolute Gasteiger partial charge is 0.379 e. The maximum atomic E-state index is 13.6. The Kier molecular flexibility index (Phi) is 6.17. The SMILES string of the molecule is Cc1nccn1Cc1ccccc1C(=O)N1CCOC[C@H](Cc2ccc3cnccc3c2)C1. The van der Waals surface area contributed by atoms with Gasteiger partial charge >= 0.3 is 0 Å². The van der Waals surface area contributed by atoms with Gasteiger partial charge in [0.2, 0.25) is 0 Å². The third-order valence-electron chi connectivity index (χ3n) is 6.37. The normalized spacial score (nSPS) is 16.6. The van der Waals surface area contributed by atoms with Gasteiger partial charge in [0, 0.05) is 61.3 Å². The molecule has 0 bridgehead atoms. The highest BCUT2D eigenvalue weighted by Gasteiger charge is 2.25. The number of hydrogen-bond donors (Lipinski definition) is 0. The highest BCUT2D eigenvalue weighted by molar-refractivity contribution is 5.95. The van der Waals surface area contributed by atoms with Crippen molar-refractivity contribution in [2.24, 2.45) is 5.92 Å². The molecule has 0 spiro atoms. The second kappa shape index (κ2) is 9.55. The molecule has 1 aliphatic heterocycles. The Labute approximate surface area is 193 Å². The monoisotopic (exact) mass is 440 g/mol. The van der Waals surface area contributed by atoms with Crippen LogP contribution in [0.25, 0.3) is 10.8 Å². The zero-order chi connectivity index (χ0) is 22.6. The van der Waals surface area contributed by atoms with Crippen LogP contribution in [0.2, 0.25) is 0 Å². The average molecular weight is 441 g/mol. The molecule has 33 heavy (non-hydrogen) atoms. The van der Waals surface area contributed by atoms with Gasteiger partial charge in [-0.3, -0.25) is 9.78 Å². The first-order valence-electron chi connectivity index (χ1n) is 11.4. The molecule has 6 heteroatoms. The highest BCUT2D eigenvalue weighted by atomic mass is 16.5. The van der Waals surface area contributed by atoms with Crippen LogP contribution in [-0.2, 0) is 17.7 Å². The third kappa shape index (κ3) is 4.81. The van der Waals surface area contributed by atoms with Crippen molar-refractivity contribution in [3.63, 3.8) is 0 Å². The number of benzene rings is 2. The zero-order valence-electron chi connectivity index (χ0n) is 18.9. The van der Waals surface area contributed by atoms with E-state index in [0.717, 1.165) is 28.8 Å². The summed E-state index contributed by atoms with van der Waals surface area (Å²) < 4.78 is 7.96. The van der Waals surface area contributed by atoms with Crippen LogP contribution in [0.3, 0.4) is 0 Å². The van der Waals surface area contributed by atoms with Crippen molar-refractivity contribution in [2.45, 2.75) is 19.9 Å². The number of hydrogen-bond acceptors (Lipinski definition) is 4. The molecule has 0 saturated carbocycles. The summed E-state index contributed by atoms with van der Waals surface area (Å²) in [6, 6.07) is 16.4. The van der Waals surface area contributed by atoms with Crippen molar-refractivity contribution in [3.05, 3.63) is 95.8 Å². The Morgan fingerprint density at radius 2 is 2.03 bits per heavy atom. The van der Waals surface area contributed by atoms with E-state index in [9.17, 15) is 4.79 Å². The van der Waals surface area contributed by atoms with Crippen molar-refractivity contribution in [1.29, 1.82) is 0 Å². The van der Waals surface area contributed by atoms with Gasteiger partial charge < -0.3 is 14.2 Å². The predicted molar refractivity (Wildman–Crippen MR) is 128 cm³/mol. The van der Waals surface area contributed by atoms with Gasteiger partial charge in [-0.25, -0.2) is 4.98 Å². The van der Waals surface area contributed by atoms with E-state index in [0.29, 0.717) is 32.8 Å². The molecule has 2 aromatic carbocycles. The van der Waals surface area contributed by atoms with Crippen LogP contribution < -0.4 is 0 Å². The lowest BCUT2D eigenvalue weighted by molar-refractivity contribution is 0.0736. The van der Waals surface area contributed by atoms with E-state index >= 15 is 0 Å². The lowest BCUT2D eigenvalue weighted by atomic mass is 9.97. The maximum absolute atomic E-state index is 13.6. The Morgan fingerprint density at radius 1 is 1.12 bits per heavy atom. The number of imidazole rings is 1. The summed E-state index contributed by atoms with van der Waals surface area (Å²) in [4.78, 5) is 24.1. The fraction of sp³-hybridized carbons (Fsp3) is 0.296. The van der Waals surface area contributed by atoms with Gasteiger partial charge in [-0.2, -0.15) is 0 Å². The number of aryl methyl sites for hydroxylation is 1. The standard InChI is InChI=1S/C27H28N4O2/c1-20-29-10-11-30(20)18-25-4-2-3-5-26(25)27(32)31-12-13-33-19-22(17-31)14-21-6-7-24-16-28-9-8-23(24)15-21/h2-11,15-16,22H,12-14,17-19H2,1H3/t22-/m1/s1. The molecule has 0 N–H and O–H groups in total. The second-order valence-electron chi connectivity index (χ2n) is 8.71. The Hall–Kier alpha value is -3.51. The van der Waals surface area contributed by atoms with Crippen LogP contribution in [0.5, 0.6) is 0 Å². The fourth-order valence-corrected chi connectivity index (χ4v) is 4.57. The molecule has 1 saturated heterocycles. The fourth-order valence-electron chi connectivity index (χ4n) is 4.57. The van der Waals surface area contributed by atoms with Crippen LogP contribution >= 0.6 is 0 Å². The van der Waals surface area contributed by atoms with Crippen LogP contribution in [0.4, 0.5) is 0 Å². The smallest absolute Gasteiger partial charge is 0.254 e. The van der Waals surface area contributed by atoms with Gasteiger partial charge in [-0.1, -0.05) is 36.4 Å². The molecule has 0 aliphatic carbocycles. The summed E-state index contributed by atoms with van der Waals surface area (Å²) >= 11 is 0. The second-order valence-corrected chi connectivity index (χ2v) is 8.71. The van der Waals surface area contributed by atoms with Gasteiger partial charge in [0.1, 0.15) is 5.82 Å². The summed E-state index contributed by atoms with van der Waals surface area (Å²) in [6.45, 7) is 5.13. The number of aromatic nitrogens is 3. The Balaban J connectivity index is 1.33. The number of pyridine rings is 1. The van der Waals surface area contributed by atoms with Crippen LogP contribution in [-0.4, -0.2) is 51.6 Å². The molecule has 0 radical (unpaired) electrons. The number of fused-ring (bicyclic) bond motifs is 1. The van der Waals surface area contributed by atoms with Gasteiger partial charge in [0.25, 0.3) is 5.91 Å². The summed E-state index contributed by atoms with van der Waals surface area (Å²) in [5.41, 5.74) is 3.02. The van der Waals surface area contributed by atoms with Gasteiger partial charge in [-0.15, -0.1) is 0 Å². The topological polar surface area (TPSA) is 60.2 Å². The lowest BCUT2D eigenvalue weighted by Crippen LogP contribution is -2.37. The van der Waals surface area contributed by atoms with E-state index < -0.39 is 0 Å². The minimum Gasteiger partial charge on any atom is -0.379 e. The third-order valence-corrected chi connectivity index (χ3v) is 6.37. The molecule has 1 atom stereocenters. The zero-order valence-corrected chi connectivity index (χ0v) is 18.9. The lowest BCUT2D eigenvalue weighted by Gasteiger charge is -2.25. The molecular formula is C27H28N4O2. The molecule has 6 nitrogen and oxygen atoms in total. The molecule has 4 aromatic rings. The van der Waals surface area contributed by atoms with Crippen molar-refractivity contribution >= 4 is 16.7 Å². The first kappa shape index (κ1) is 21.3. The van der Waals surface area contributed by atoms with Crippen LogP contribution in [0, 0.1) is 12.8 Å². The summed E-state index contributed by atoms with van der Waals surface area (Å²) in [5.74, 6) is 1.26. The summed E-state index contributed by atoms with van der Waals surface area (Å²) in [5, 5.41) is 2.33. The van der Waals surface area contributed by atoms with Crippen LogP contribution in [0.1, 0.15) is 27.3 Å². The number of amides is 1. The van der Waals surface area contributed by atoms with Crippen molar-refractivity contribution < 1.29 is 9.53 Å². The molecule has 3 heterocycles. The maximum Gasteiger partial charge on any atom is 0.254 e. The molecule has 1 amide bonds. The van der Waals surface area contributed by atoms with E-state index in [1.54, 1.807) is 6.20 Å². The Bertz CT molecular complexity index is 1270. The quantitative estimate of drug-likeness (QED) is 0.468. The Morgan fingerprint density at radius 3 is 2.91 bits per heavy atom. The van der Waals surface area contributed by atoms with Crippen molar-refractivity contribution in [1.82, 2.24) is 19.4 Å². The highest BCUT2D eigenvalue weighted by Crippen LogP contribution is 2.21. The predicted octanol–water partition coefficient (Wildman–Crippen LogP) is 4.12.